The normalized spacial score (nSPS) is 25.5. The van der Waals surface area contributed by atoms with E-state index in [1.54, 1.807) is 23.4 Å². The number of carbonyl (C=O) groups is 4. The van der Waals surface area contributed by atoms with Crippen LogP contribution >= 0.6 is 11.3 Å². The van der Waals surface area contributed by atoms with Gasteiger partial charge in [-0.3, -0.25) is 34.2 Å². The van der Waals surface area contributed by atoms with E-state index >= 15 is 0 Å². The second kappa shape index (κ2) is 21.3. The van der Waals surface area contributed by atoms with Gasteiger partial charge >= 0.3 is 12.0 Å². The Morgan fingerprint density at radius 1 is 1.09 bits per heavy atom. The van der Waals surface area contributed by atoms with Crippen LogP contribution in [0.2, 0.25) is 0 Å². The molecule has 5 fully saturated rings. The zero-order valence-electron chi connectivity index (χ0n) is 46.2. The van der Waals surface area contributed by atoms with Gasteiger partial charge in [0.15, 0.2) is 5.72 Å². The molecule has 4 amide bonds. The van der Waals surface area contributed by atoms with Crippen LogP contribution in [0.1, 0.15) is 88.6 Å². The lowest BCUT2D eigenvalue weighted by atomic mass is 9.67. The number of piperazine rings is 1. The number of hydrogen-bond acceptors (Lipinski definition) is 16. The summed E-state index contributed by atoms with van der Waals surface area (Å²) in [7, 11) is 1.88. The summed E-state index contributed by atoms with van der Waals surface area (Å²) < 4.78 is 40.6. The number of esters is 1. The van der Waals surface area contributed by atoms with Gasteiger partial charge in [-0.25, -0.2) is 28.1 Å². The highest BCUT2D eigenvalue weighted by Crippen LogP contribution is 2.57. The molecule has 4 saturated heterocycles. The quantitative estimate of drug-likeness (QED) is 0.177. The number of nitrogens with zero attached hydrogens (tertiary/aromatic N) is 10. The fourth-order valence-electron chi connectivity index (χ4n) is 13.1. The first-order chi connectivity index (χ1) is 37.4. The number of cyclic esters (lactones) is 1. The van der Waals surface area contributed by atoms with Crippen molar-refractivity contribution in [2.24, 2.45) is 15.7 Å². The molecule has 5 aliphatic heterocycles. The number of likely N-dealkylation sites (N-methyl/N-ethyl adjacent to an activating group) is 1. The van der Waals surface area contributed by atoms with Gasteiger partial charge < -0.3 is 39.0 Å². The fraction of sp³-hybridized carbons (Fsp3) is 0.636. The average Bonchev–Trinajstić information content (AvgIpc) is 3.95. The first-order valence-electron chi connectivity index (χ1n) is 27.8. The molecule has 6 atom stereocenters. The second-order valence-corrected chi connectivity index (χ2v) is 26.5. The van der Waals surface area contributed by atoms with E-state index in [4.69, 9.17) is 24.2 Å². The Balaban J connectivity index is 0.928. The standard InChI is InChI=1S/C55H76N12O9S2/c1-9-65-42-15-12-34-25-37(42)44-45(49(74-8)46-38(48(44)65)26-36(28-57-46)63-19-17-62(18-20-63)35-13-14-35)54(4,5)32-75-52(71)39-11-10-16-67(60-39)51(70)40(27-43-58-41(34)29-77-43)59-50(69)47(33(2)3)61(7)53(72)66-21-23-76-55(66)30-64(31-55)78(73,56-6)24-22-68/h12,15,25-26,28-29,33,35,39-40,45,47,49,60,68H,9-11,13-14,16-24,27,30-32H2,1-8H3,(H,59,69)/t39-,40-,45?,47-,49-,78?/m0/s1. The topological polar surface area (TPSA) is 220 Å². The molecule has 422 valence electrons. The van der Waals surface area contributed by atoms with Crippen LogP contribution in [0.15, 0.2) is 40.2 Å². The number of aliphatic hydroxyl groups is 1. The number of fused-ring (bicyclic) bond motifs is 8. The van der Waals surface area contributed by atoms with Crippen LogP contribution < -0.4 is 15.6 Å². The number of aliphatic hydroxyl groups excluding tert-OH is 1. The summed E-state index contributed by atoms with van der Waals surface area (Å²) in [5.74, 6) is -2.20. The van der Waals surface area contributed by atoms with Crippen molar-refractivity contribution in [2.75, 3.05) is 104 Å². The van der Waals surface area contributed by atoms with E-state index in [0.717, 1.165) is 82.6 Å². The Kier molecular flexibility index (Phi) is 14.9. The van der Waals surface area contributed by atoms with Crippen molar-refractivity contribution in [1.82, 2.24) is 49.3 Å². The Labute approximate surface area is 461 Å². The van der Waals surface area contributed by atoms with E-state index in [0.29, 0.717) is 24.4 Å². The maximum absolute atomic E-state index is 14.9. The van der Waals surface area contributed by atoms with Gasteiger partial charge in [-0.1, -0.05) is 33.8 Å². The van der Waals surface area contributed by atoms with Gasteiger partial charge in [-0.05, 0) is 62.3 Å². The fourth-order valence-corrected chi connectivity index (χ4v) is 15.7. The van der Waals surface area contributed by atoms with Crippen LogP contribution in [-0.4, -0.2) is 201 Å². The van der Waals surface area contributed by atoms with Crippen molar-refractivity contribution < 1.29 is 42.7 Å². The highest BCUT2D eigenvalue weighted by molar-refractivity contribution is 7.91. The number of aryl methyl sites for hydroxylation is 1. The van der Waals surface area contributed by atoms with Crippen molar-refractivity contribution in [3.05, 3.63) is 52.1 Å². The number of carbonyl (C=O) groups excluding carboxylic acids is 4. The molecule has 3 aromatic heterocycles. The minimum atomic E-state index is -2.88. The van der Waals surface area contributed by atoms with Gasteiger partial charge in [0.2, 0.25) is 5.91 Å². The molecule has 2 unspecified atom stereocenters. The summed E-state index contributed by atoms with van der Waals surface area (Å²) in [4.78, 5) is 77.1. The summed E-state index contributed by atoms with van der Waals surface area (Å²) >= 11 is 1.40. The van der Waals surface area contributed by atoms with E-state index in [-0.39, 0.29) is 64.1 Å². The van der Waals surface area contributed by atoms with E-state index < -0.39 is 75.0 Å². The number of amides is 4. The van der Waals surface area contributed by atoms with Gasteiger partial charge in [0, 0.05) is 118 Å². The molecule has 11 rings (SSSR count). The molecular weight excluding hydrogens is 1040 g/mol. The van der Waals surface area contributed by atoms with Crippen molar-refractivity contribution >= 4 is 61.7 Å². The molecule has 21 nitrogen and oxygen atoms in total. The molecule has 8 heterocycles. The third kappa shape index (κ3) is 9.66. The Morgan fingerprint density at radius 2 is 1.86 bits per heavy atom. The second-order valence-electron chi connectivity index (χ2n) is 23.1. The van der Waals surface area contributed by atoms with E-state index in [1.807, 2.05) is 25.4 Å². The Hall–Kier alpha value is -5.27. The number of benzene rings is 1. The molecule has 23 heteroatoms. The zero-order valence-corrected chi connectivity index (χ0v) is 47.9. The summed E-state index contributed by atoms with van der Waals surface area (Å²) in [6, 6.07) is 6.04. The molecule has 0 radical (unpaired) electrons. The molecule has 6 bridgehead atoms. The number of aromatic nitrogens is 3. The first-order valence-corrected chi connectivity index (χ1v) is 30.3. The van der Waals surface area contributed by atoms with Crippen LogP contribution in [-0.2, 0) is 51.5 Å². The monoisotopic (exact) mass is 1110 g/mol. The molecule has 1 aromatic carbocycles. The Morgan fingerprint density at radius 3 is 2.55 bits per heavy atom. The number of anilines is 1. The smallest absolute Gasteiger partial charge is 0.324 e. The maximum atomic E-state index is 14.9. The van der Waals surface area contributed by atoms with E-state index in [1.165, 1.54) is 41.1 Å². The highest BCUT2D eigenvalue weighted by Gasteiger charge is 2.58. The van der Waals surface area contributed by atoms with Crippen molar-refractivity contribution in [1.29, 1.82) is 0 Å². The number of ether oxygens (including phenoxy) is 3. The van der Waals surface area contributed by atoms with Gasteiger partial charge in [0.1, 0.15) is 34.1 Å². The highest BCUT2D eigenvalue weighted by atomic mass is 32.2. The predicted octanol–water partition coefficient (Wildman–Crippen LogP) is 4.45. The minimum absolute atomic E-state index is 0.0319. The van der Waals surface area contributed by atoms with Crippen molar-refractivity contribution in [3.8, 4) is 22.5 Å². The molecule has 1 spiro atoms. The lowest BCUT2D eigenvalue weighted by Gasteiger charge is -2.51. The van der Waals surface area contributed by atoms with Gasteiger partial charge in [0.05, 0.1) is 72.6 Å². The molecule has 78 heavy (non-hydrogen) atoms. The summed E-state index contributed by atoms with van der Waals surface area (Å²) in [5, 5.41) is 17.7. The van der Waals surface area contributed by atoms with Crippen molar-refractivity contribution in [2.45, 2.75) is 115 Å². The predicted molar refractivity (Wildman–Crippen MR) is 297 cm³/mol. The summed E-state index contributed by atoms with van der Waals surface area (Å²) in [6.07, 6.45) is 5.09. The molecule has 4 aromatic rings. The number of hydrogen-bond donors (Lipinski definition) is 3. The Bertz CT molecular complexity index is 3100. The first kappa shape index (κ1) is 54.7. The number of nitrogens with one attached hydrogen (secondary N) is 2. The molecule has 1 saturated carbocycles. The van der Waals surface area contributed by atoms with E-state index in [2.05, 4.69) is 74.5 Å². The average molecular weight is 1110 g/mol. The molecule has 7 aliphatic rings. The van der Waals surface area contributed by atoms with Crippen LogP contribution in [0.3, 0.4) is 0 Å². The SMILES string of the molecule is CCn1c2c3c4cc(ccc41)-c1csc(n1)C[C@H](NC(=O)[C@H](C(C)C)N(C)C(=O)N1CCOC14CN(S(=O)(CCO)=NC)C4)C(=O)N1CCC[C@H](N1)C(=O)OCC(C)(C)C3[C@H](OC)c1ncc(N3CCN(C4CC4)CC3)cc1-2. The largest absolute Gasteiger partial charge is 0.464 e. The lowest BCUT2D eigenvalue weighted by Crippen LogP contribution is -2.72. The maximum Gasteiger partial charge on any atom is 0.324 e. The summed E-state index contributed by atoms with van der Waals surface area (Å²) in [6.45, 7) is 15.5. The van der Waals surface area contributed by atoms with Crippen LogP contribution in [0.25, 0.3) is 33.4 Å². The number of pyridine rings is 1. The number of methoxy groups -OCH3 is 1. The van der Waals surface area contributed by atoms with Gasteiger partial charge in [-0.2, -0.15) is 0 Å². The molecule has 2 aliphatic carbocycles. The number of rotatable bonds is 11. The number of urea groups is 1. The zero-order chi connectivity index (χ0) is 55.0. The van der Waals surface area contributed by atoms with Crippen molar-refractivity contribution in [3.63, 3.8) is 0 Å². The van der Waals surface area contributed by atoms with Crippen LogP contribution in [0.5, 0.6) is 0 Å². The third-order valence-electron chi connectivity index (χ3n) is 17.4. The molecular formula is C55H76N12O9S2. The van der Waals surface area contributed by atoms with E-state index in [9.17, 15) is 28.5 Å². The number of hydrazine groups is 1. The number of thiazole rings is 1. The third-order valence-corrected chi connectivity index (χ3v) is 20.6. The summed E-state index contributed by atoms with van der Waals surface area (Å²) in [5.41, 5.74) is 9.27. The van der Waals surface area contributed by atoms with Crippen LogP contribution in [0, 0.1) is 11.3 Å². The van der Waals surface area contributed by atoms with Gasteiger partial charge in [-0.15, -0.1) is 11.3 Å². The lowest BCUT2D eigenvalue weighted by molar-refractivity contribution is -0.156. The van der Waals surface area contributed by atoms with Crippen LogP contribution in [0.4, 0.5) is 10.5 Å². The molecule has 3 N–H and O–H groups in total. The minimum Gasteiger partial charge on any atom is -0.464 e. The van der Waals surface area contributed by atoms with Gasteiger partial charge in [0.25, 0.3) is 5.91 Å².